The first kappa shape index (κ1) is 17.4. The molecule has 0 radical (unpaired) electrons. The molecule has 1 aromatic rings. The number of sulfone groups is 1. The summed E-state index contributed by atoms with van der Waals surface area (Å²) >= 11 is 0. The Balaban J connectivity index is 1.87. The molecule has 2 aliphatic heterocycles. The molecule has 2 heterocycles. The second-order valence-corrected chi connectivity index (χ2v) is 9.26. The van der Waals surface area contributed by atoms with E-state index >= 15 is 0 Å². The number of nitrogens with zero attached hydrogens (tertiary/aromatic N) is 2. The molecule has 5 nitrogen and oxygen atoms in total. The molecule has 24 heavy (non-hydrogen) atoms. The molecule has 2 saturated heterocycles. The lowest BCUT2D eigenvalue weighted by atomic mass is 10.0. The molecular formula is C17H23FN2O3S. The van der Waals surface area contributed by atoms with Gasteiger partial charge in [0.2, 0.25) is 0 Å². The Morgan fingerprint density at radius 2 is 1.96 bits per heavy atom. The van der Waals surface area contributed by atoms with E-state index in [4.69, 9.17) is 0 Å². The fraction of sp³-hybridized carbons (Fsp3) is 0.588. The van der Waals surface area contributed by atoms with Gasteiger partial charge in [-0.3, -0.25) is 9.69 Å². The predicted molar refractivity (Wildman–Crippen MR) is 90.1 cm³/mol. The summed E-state index contributed by atoms with van der Waals surface area (Å²) in [5.74, 6) is -0.231. The number of benzene rings is 1. The molecule has 2 fully saturated rings. The lowest BCUT2D eigenvalue weighted by Crippen LogP contribution is -2.61. The van der Waals surface area contributed by atoms with Crippen LogP contribution in [0, 0.1) is 11.7 Å². The zero-order chi connectivity index (χ0) is 17.5. The molecule has 0 N–H and O–H groups in total. The lowest BCUT2D eigenvalue weighted by Gasteiger charge is -2.44. The first-order valence-electron chi connectivity index (χ1n) is 8.28. The van der Waals surface area contributed by atoms with Gasteiger partial charge in [0.15, 0.2) is 9.84 Å². The SMILES string of the molecule is CC(C)CN1CCN(C(=O)c2cccc(F)c2)[C@@H]2CS(=O)(=O)C[C@@H]21. The summed E-state index contributed by atoms with van der Waals surface area (Å²) in [6, 6.07) is 5.06. The van der Waals surface area contributed by atoms with Crippen LogP contribution in [0.5, 0.6) is 0 Å². The van der Waals surface area contributed by atoms with Crippen LogP contribution in [-0.4, -0.2) is 67.3 Å². The molecule has 0 unspecified atom stereocenters. The Morgan fingerprint density at radius 1 is 1.25 bits per heavy atom. The van der Waals surface area contributed by atoms with Crippen molar-refractivity contribution < 1.29 is 17.6 Å². The van der Waals surface area contributed by atoms with Crippen molar-refractivity contribution in [3.8, 4) is 0 Å². The molecule has 0 aromatic heterocycles. The van der Waals surface area contributed by atoms with Gasteiger partial charge in [-0.1, -0.05) is 19.9 Å². The van der Waals surface area contributed by atoms with E-state index in [1.54, 1.807) is 11.0 Å². The summed E-state index contributed by atoms with van der Waals surface area (Å²) < 4.78 is 37.7. The van der Waals surface area contributed by atoms with Gasteiger partial charge in [0.05, 0.1) is 17.5 Å². The van der Waals surface area contributed by atoms with Crippen molar-refractivity contribution in [1.29, 1.82) is 0 Å². The maximum Gasteiger partial charge on any atom is 0.254 e. The third-order valence-corrected chi connectivity index (χ3v) is 6.42. The molecule has 2 atom stereocenters. The monoisotopic (exact) mass is 354 g/mol. The van der Waals surface area contributed by atoms with Crippen molar-refractivity contribution in [2.45, 2.75) is 25.9 Å². The van der Waals surface area contributed by atoms with Gasteiger partial charge >= 0.3 is 0 Å². The number of hydrogen-bond donors (Lipinski definition) is 0. The molecule has 3 rings (SSSR count). The van der Waals surface area contributed by atoms with Crippen molar-refractivity contribution in [3.05, 3.63) is 35.6 Å². The molecule has 7 heteroatoms. The highest BCUT2D eigenvalue weighted by atomic mass is 32.2. The highest BCUT2D eigenvalue weighted by molar-refractivity contribution is 7.91. The van der Waals surface area contributed by atoms with E-state index in [0.717, 1.165) is 6.54 Å². The average Bonchev–Trinajstić information content (AvgIpc) is 2.82. The fourth-order valence-corrected chi connectivity index (χ4v) is 5.77. The number of fused-ring (bicyclic) bond motifs is 1. The second kappa shape index (κ2) is 6.44. The molecule has 0 spiro atoms. The predicted octanol–water partition coefficient (Wildman–Crippen LogP) is 1.41. The number of rotatable bonds is 3. The van der Waals surface area contributed by atoms with Gasteiger partial charge in [-0.25, -0.2) is 12.8 Å². The molecule has 0 saturated carbocycles. The van der Waals surface area contributed by atoms with E-state index < -0.39 is 15.7 Å². The summed E-state index contributed by atoms with van der Waals surface area (Å²) in [5, 5.41) is 0. The first-order valence-corrected chi connectivity index (χ1v) is 10.1. The van der Waals surface area contributed by atoms with E-state index in [1.807, 2.05) is 0 Å². The minimum absolute atomic E-state index is 0.00663. The zero-order valence-corrected chi connectivity index (χ0v) is 14.8. The standard InChI is InChI=1S/C17H23FN2O3S/c1-12(2)9-19-6-7-20(16-11-24(22,23)10-15(16)19)17(21)13-4-3-5-14(18)8-13/h3-5,8,12,15-16H,6-7,9-11H2,1-2H3/t15-,16+/m0/s1. The van der Waals surface area contributed by atoms with Crippen LogP contribution in [0.15, 0.2) is 24.3 Å². The molecule has 1 amide bonds. The Morgan fingerprint density at radius 3 is 2.62 bits per heavy atom. The van der Waals surface area contributed by atoms with Gasteiger partial charge in [0.1, 0.15) is 5.82 Å². The van der Waals surface area contributed by atoms with Crippen molar-refractivity contribution in [3.63, 3.8) is 0 Å². The first-order chi connectivity index (χ1) is 11.3. The number of carbonyl (C=O) groups is 1. The fourth-order valence-electron chi connectivity index (χ4n) is 3.76. The van der Waals surface area contributed by atoms with Crippen molar-refractivity contribution >= 4 is 15.7 Å². The molecular weight excluding hydrogens is 331 g/mol. The summed E-state index contributed by atoms with van der Waals surface area (Å²) in [4.78, 5) is 16.6. The van der Waals surface area contributed by atoms with E-state index in [9.17, 15) is 17.6 Å². The summed E-state index contributed by atoms with van der Waals surface area (Å²) in [6.07, 6.45) is 0. The molecule has 0 bridgehead atoms. The Labute approximate surface area is 142 Å². The molecule has 132 valence electrons. The van der Waals surface area contributed by atoms with Crippen LogP contribution in [-0.2, 0) is 9.84 Å². The largest absolute Gasteiger partial charge is 0.332 e. The van der Waals surface area contributed by atoms with Crippen LogP contribution in [0.25, 0.3) is 0 Å². The summed E-state index contributed by atoms with van der Waals surface area (Å²) in [6.45, 7) is 6.14. The van der Waals surface area contributed by atoms with Crippen LogP contribution in [0.3, 0.4) is 0 Å². The van der Waals surface area contributed by atoms with Crippen molar-refractivity contribution in [1.82, 2.24) is 9.80 Å². The lowest BCUT2D eigenvalue weighted by molar-refractivity contribution is 0.0297. The highest BCUT2D eigenvalue weighted by Crippen LogP contribution is 2.28. The maximum absolute atomic E-state index is 13.4. The van der Waals surface area contributed by atoms with Crippen LogP contribution in [0.4, 0.5) is 4.39 Å². The third-order valence-electron chi connectivity index (χ3n) is 4.72. The maximum atomic E-state index is 13.4. The van der Waals surface area contributed by atoms with E-state index in [0.29, 0.717) is 19.0 Å². The Bertz CT molecular complexity index is 735. The van der Waals surface area contributed by atoms with Gasteiger partial charge in [-0.15, -0.1) is 0 Å². The molecule has 0 aliphatic carbocycles. The molecule has 2 aliphatic rings. The van der Waals surface area contributed by atoms with Crippen LogP contribution >= 0.6 is 0 Å². The number of amides is 1. The smallest absolute Gasteiger partial charge is 0.254 e. The van der Waals surface area contributed by atoms with Crippen molar-refractivity contribution in [2.24, 2.45) is 5.92 Å². The molecule has 1 aromatic carbocycles. The van der Waals surface area contributed by atoms with Crippen LogP contribution < -0.4 is 0 Å². The third kappa shape index (κ3) is 3.47. The van der Waals surface area contributed by atoms with E-state index in [2.05, 4.69) is 18.7 Å². The van der Waals surface area contributed by atoms with E-state index in [1.165, 1.54) is 18.2 Å². The zero-order valence-electron chi connectivity index (χ0n) is 14.0. The van der Waals surface area contributed by atoms with Gasteiger partial charge in [-0.2, -0.15) is 0 Å². The minimum Gasteiger partial charge on any atom is -0.332 e. The van der Waals surface area contributed by atoms with Gasteiger partial charge in [0, 0.05) is 31.2 Å². The summed E-state index contributed by atoms with van der Waals surface area (Å²) in [5.41, 5.74) is 0.273. The van der Waals surface area contributed by atoms with Crippen LogP contribution in [0.2, 0.25) is 0 Å². The topological polar surface area (TPSA) is 57.7 Å². The Hall–Kier alpha value is -1.47. The normalized spacial score (nSPS) is 26.6. The van der Waals surface area contributed by atoms with Gasteiger partial charge < -0.3 is 4.90 Å². The number of halogens is 1. The number of piperazine rings is 1. The number of hydrogen-bond acceptors (Lipinski definition) is 4. The summed E-state index contributed by atoms with van der Waals surface area (Å²) in [7, 11) is -3.16. The second-order valence-electron chi connectivity index (χ2n) is 7.11. The number of carbonyl (C=O) groups excluding carboxylic acids is 1. The van der Waals surface area contributed by atoms with Gasteiger partial charge in [0.25, 0.3) is 5.91 Å². The highest BCUT2D eigenvalue weighted by Gasteiger charge is 2.48. The van der Waals surface area contributed by atoms with Crippen molar-refractivity contribution in [2.75, 3.05) is 31.1 Å². The minimum atomic E-state index is -3.16. The quantitative estimate of drug-likeness (QED) is 0.823. The average molecular weight is 354 g/mol. The Kier molecular flexibility index (Phi) is 4.66. The van der Waals surface area contributed by atoms with E-state index in [-0.39, 0.29) is 35.1 Å². The van der Waals surface area contributed by atoms with Gasteiger partial charge in [-0.05, 0) is 24.1 Å². The van der Waals surface area contributed by atoms with Crippen LogP contribution in [0.1, 0.15) is 24.2 Å².